The first-order valence-corrected chi connectivity index (χ1v) is 11.9. The highest BCUT2D eigenvalue weighted by Crippen LogP contribution is 2.28. The second kappa shape index (κ2) is 9.67. The van der Waals surface area contributed by atoms with Gasteiger partial charge in [0.15, 0.2) is 0 Å². The SMILES string of the molecule is COc1ccccc1N1CCN(CCCCNC(=O)c2ccc3c(c2)=c2ccccc2=3)CC1. The summed E-state index contributed by atoms with van der Waals surface area (Å²) in [6, 6.07) is 22.6. The number of benzene rings is 3. The Morgan fingerprint density at radius 3 is 2.33 bits per heavy atom. The number of ether oxygens (including phenoxy) is 1. The monoisotopic (exact) mass is 441 g/mol. The van der Waals surface area contributed by atoms with Crippen LogP contribution >= 0.6 is 0 Å². The zero-order chi connectivity index (χ0) is 22.6. The maximum absolute atomic E-state index is 12.6. The Balaban J connectivity index is 1.04. The fourth-order valence-electron chi connectivity index (χ4n) is 4.90. The molecule has 0 unspecified atom stereocenters. The Hall–Kier alpha value is -3.31. The fraction of sp³-hybridized carbons (Fsp3) is 0.321. The number of carbonyl (C=O) groups is 1. The molecule has 1 aliphatic heterocycles. The molecule has 3 aromatic rings. The van der Waals surface area contributed by atoms with Gasteiger partial charge in [-0.15, -0.1) is 0 Å². The molecule has 2 aliphatic rings. The first kappa shape index (κ1) is 21.5. The van der Waals surface area contributed by atoms with Crippen LogP contribution in [0.5, 0.6) is 5.75 Å². The van der Waals surface area contributed by atoms with Crippen molar-refractivity contribution in [2.45, 2.75) is 12.8 Å². The number of amides is 1. The molecule has 5 heteroatoms. The number of nitrogens with one attached hydrogen (secondary N) is 1. The number of rotatable bonds is 8. The van der Waals surface area contributed by atoms with Crippen LogP contribution in [-0.4, -0.2) is 57.2 Å². The Kier molecular flexibility index (Phi) is 6.31. The van der Waals surface area contributed by atoms with E-state index in [2.05, 4.69) is 51.5 Å². The molecule has 1 saturated heterocycles. The standard InChI is InChI=1S/C28H31N3O2/c1-33-27-11-5-4-10-26(27)31-18-16-30(17-19-31)15-7-6-14-29-28(32)21-12-13-24-22-8-2-3-9-23(22)25(24)20-21/h2-5,8-13,20H,6-7,14-19H2,1H3,(H,29,32). The molecule has 5 rings (SSSR count). The van der Waals surface area contributed by atoms with Gasteiger partial charge >= 0.3 is 0 Å². The number of hydrogen-bond acceptors (Lipinski definition) is 4. The number of carbonyl (C=O) groups excluding carboxylic acids is 1. The smallest absolute Gasteiger partial charge is 0.251 e. The third-order valence-electron chi connectivity index (χ3n) is 6.77. The molecule has 0 atom stereocenters. The van der Waals surface area contributed by atoms with Crippen molar-refractivity contribution in [1.29, 1.82) is 0 Å². The van der Waals surface area contributed by atoms with Gasteiger partial charge in [-0.25, -0.2) is 0 Å². The van der Waals surface area contributed by atoms with E-state index in [-0.39, 0.29) is 5.91 Å². The largest absolute Gasteiger partial charge is 0.495 e. The minimum atomic E-state index is 0.0209. The lowest BCUT2D eigenvalue weighted by Gasteiger charge is -2.36. The molecule has 1 heterocycles. The second-order valence-electron chi connectivity index (χ2n) is 8.77. The predicted octanol–water partition coefficient (Wildman–Crippen LogP) is 3.91. The number of nitrogens with zero attached hydrogens (tertiary/aromatic N) is 2. The molecule has 170 valence electrons. The molecule has 5 nitrogen and oxygen atoms in total. The van der Waals surface area contributed by atoms with E-state index in [9.17, 15) is 4.79 Å². The summed E-state index contributed by atoms with van der Waals surface area (Å²) in [5, 5.41) is 8.05. The van der Waals surface area contributed by atoms with Gasteiger partial charge in [0.2, 0.25) is 0 Å². The van der Waals surface area contributed by atoms with Gasteiger partial charge in [-0.2, -0.15) is 0 Å². The summed E-state index contributed by atoms with van der Waals surface area (Å²) in [5.74, 6) is 0.964. The molecule has 0 radical (unpaired) electrons. The van der Waals surface area contributed by atoms with Crippen molar-refractivity contribution in [2.75, 3.05) is 51.3 Å². The molecular weight excluding hydrogens is 410 g/mol. The topological polar surface area (TPSA) is 44.8 Å². The molecule has 0 saturated carbocycles. The highest BCUT2D eigenvalue weighted by molar-refractivity contribution is 5.94. The van der Waals surface area contributed by atoms with Crippen molar-refractivity contribution >= 4 is 11.6 Å². The van der Waals surface area contributed by atoms with Crippen LogP contribution in [0.25, 0.3) is 0 Å². The molecule has 3 aromatic carbocycles. The highest BCUT2D eigenvalue weighted by Gasteiger charge is 2.19. The normalized spacial score (nSPS) is 14.8. The van der Waals surface area contributed by atoms with E-state index < -0.39 is 0 Å². The zero-order valence-corrected chi connectivity index (χ0v) is 19.2. The van der Waals surface area contributed by atoms with Gasteiger partial charge in [0.25, 0.3) is 5.91 Å². The Morgan fingerprint density at radius 1 is 0.848 bits per heavy atom. The van der Waals surface area contributed by atoms with Crippen LogP contribution in [-0.2, 0) is 0 Å². The summed E-state index contributed by atoms with van der Waals surface area (Å²) in [5.41, 5.74) is 1.93. The molecule has 0 aromatic heterocycles. The predicted molar refractivity (Wildman–Crippen MR) is 131 cm³/mol. The Bertz CT molecular complexity index is 1330. The highest BCUT2D eigenvalue weighted by atomic mass is 16.5. The molecule has 1 amide bonds. The van der Waals surface area contributed by atoms with Crippen molar-refractivity contribution in [3.63, 3.8) is 0 Å². The molecule has 33 heavy (non-hydrogen) atoms. The van der Waals surface area contributed by atoms with Crippen LogP contribution in [0.4, 0.5) is 5.69 Å². The molecular formula is C28H31N3O2. The van der Waals surface area contributed by atoms with Crippen molar-refractivity contribution in [3.05, 3.63) is 93.2 Å². The van der Waals surface area contributed by atoms with Gasteiger partial charge in [-0.1, -0.05) is 42.5 Å². The first-order valence-electron chi connectivity index (χ1n) is 11.9. The van der Waals surface area contributed by atoms with Crippen molar-refractivity contribution < 1.29 is 9.53 Å². The zero-order valence-electron chi connectivity index (χ0n) is 19.2. The Labute approximate surface area is 194 Å². The van der Waals surface area contributed by atoms with Gasteiger partial charge in [0.1, 0.15) is 5.75 Å². The van der Waals surface area contributed by atoms with Crippen LogP contribution in [0.2, 0.25) is 0 Å². The van der Waals surface area contributed by atoms with E-state index in [1.54, 1.807) is 7.11 Å². The lowest BCUT2D eigenvalue weighted by Crippen LogP contribution is -2.46. The number of piperazine rings is 1. The summed E-state index contributed by atoms with van der Waals surface area (Å²) >= 11 is 0. The maximum Gasteiger partial charge on any atom is 0.251 e. The average Bonchev–Trinajstić information content (AvgIpc) is 2.87. The van der Waals surface area contributed by atoms with Gasteiger partial charge in [-0.3, -0.25) is 9.69 Å². The van der Waals surface area contributed by atoms with Crippen molar-refractivity contribution in [3.8, 4) is 5.75 Å². The van der Waals surface area contributed by atoms with Gasteiger partial charge < -0.3 is 15.0 Å². The minimum absolute atomic E-state index is 0.0209. The van der Waals surface area contributed by atoms with E-state index >= 15 is 0 Å². The summed E-state index contributed by atoms with van der Waals surface area (Å²) in [4.78, 5) is 17.5. The van der Waals surface area contributed by atoms with Crippen LogP contribution in [0, 0.1) is 20.9 Å². The number of fused-ring (bicyclic) bond motifs is 2. The van der Waals surface area contributed by atoms with E-state index in [0.717, 1.165) is 56.9 Å². The number of para-hydroxylation sites is 2. The van der Waals surface area contributed by atoms with Crippen molar-refractivity contribution in [1.82, 2.24) is 10.2 Å². The summed E-state index contributed by atoms with van der Waals surface area (Å²) < 4.78 is 5.51. The van der Waals surface area contributed by atoms with E-state index in [1.807, 2.05) is 30.3 Å². The van der Waals surface area contributed by atoms with Gasteiger partial charge in [-0.05, 0) is 64.5 Å². The Morgan fingerprint density at radius 2 is 1.55 bits per heavy atom. The van der Waals surface area contributed by atoms with Gasteiger partial charge in [0.05, 0.1) is 12.8 Å². The molecule has 1 aliphatic carbocycles. The molecule has 1 fully saturated rings. The van der Waals surface area contributed by atoms with Crippen LogP contribution < -0.4 is 15.0 Å². The van der Waals surface area contributed by atoms with Crippen LogP contribution in [0.3, 0.4) is 0 Å². The number of anilines is 1. The fourth-order valence-corrected chi connectivity index (χ4v) is 4.90. The van der Waals surface area contributed by atoms with E-state index in [0.29, 0.717) is 6.54 Å². The molecule has 0 bridgehead atoms. The quantitative estimate of drug-likeness (QED) is 0.421. The third-order valence-corrected chi connectivity index (χ3v) is 6.77. The number of unbranched alkanes of at least 4 members (excludes halogenated alkanes) is 1. The average molecular weight is 442 g/mol. The summed E-state index contributed by atoms with van der Waals surface area (Å²) in [6.07, 6.45) is 2.08. The number of methoxy groups -OCH3 is 1. The van der Waals surface area contributed by atoms with E-state index in [4.69, 9.17) is 4.74 Å². The number of hydrogen-bond donors (Lipinski definition) is 1. The van der Waals surface area contributed by atoms with Gasteiger partial charge in [0, 0.05) is 38.3 Å². The lowest BCUT2D eigenvalue weighted by atomic mass is 9.99. The maximum atomic E-state index is 12.6. The van der Waals surface area contributed by atoms with Crippen molar-refractivity contribution in [2.24, 2.45) is 0 Å². The minimum Gasteiger partial charge on any atom is -0.495 e. The molecule has 0 spiro atoms. The summed E-state index contributed by atoms with van der Waals surface area (Å²) in [6.45, 7) is 5.93. The lowest BCUT2D eigenvalue weighted by molar-refractivity contribution is 0.0952. The second-order valence-corrected chi connectivity index (χ2v) is 8.77. The summed E-state index contributed by atoms with van der Waals surface area (Å²) in [7, 11) is 1.73. The van der Waals surface area contributed by atoms with Crippen LogP contribution in [0.1, 0.15) is 23.2 Å². The van der Waals surface area contributed by atoms with E-state index in [1.165, 1.54) is 26.6 Å². The van der Waals surface area contributed by atoms with Crippen LogP contribution in [0.15, 0.2) is 66.7 Å². The molecule has 1 N–H and O–H groups in total. The third kappa shape index (κ3) is 4.46. The first-order chi connectivity index (χ1) is 16.2.